The van der Waals surface area contributed by atoms with Crippen LogP contribution in [0.15, 0.2) is 24.3 Å². The van der Waals surface area contributed by atoms with E-state index in [9.17, 15) is 18.5 Å². The molecule has 0 saturated carbocycles. The molecule has 1 atom stereocenters. The van der Waals surface area contributed by atoms with Crippen LogP contribution >= 0.6 is 0 Å². The Balaban J connectivity index is 2.03. The highest BCUT2D eigenvalue weighted by atomic mass is 32.2. The molecule has 3 rings (SSSR count). The first-order valence-corrected chi connectivity index (χ1v) is 8.18. The van der Waals surface area contributed by atoms with E-state index in [1.54, 1.807) is 19.2 Å². The second-order valence-electron chi connectivity index (χ2n) is 5.09. The lowest BCUT2D eigenvalue weighted by Gasteiger charge is -2.17. The molecule has 128 valence electrons. The quantitative estimate of drug-likeness (QED) is 0.789. The van der Waals surface area contributed by atoms with Crippen LogP contribution < -0.4 is 13.8 Å². The molecule has 2 N–H and O–H groups in total. The van der Waals surface area contributed by atoms with E-state index in [4.69, 9.17) is 9.47 Å². The Hall–Kier alpha value is -2.39. The standard InChI is InChI=1S/C15H15FN2O5S/c1-22-4-5-23-10-3-2-9-6-12(19)15(14(16)11(9)7-10)18-8-13(20)17-24(18)21/h2-3,6-7,19H,4-5,8H2,1H3,(H,17,20). The summed E-state index contributed by atoms with van der Waals surface area (Å²) in [5.41, 5.74) is -0.284. The van der Waals surface area contributed by atoms with Gasteiger partial charge in [0.15, 0.2) is 5.82 Å². The number of aromatic hydroxyl groups is 1. The number of methoxy groups -OCH3 is 1. The molecule has 0 radical (unpaired) electrons. The second kappa shape index (κ2) is 6.62. The molecule has 1 unspecified atom stereocenters. The van der Waals surface area contributed by atoms with Gasteiger partial charge in [0.05, 0.1) is 6.61 Å². The molecule has 9 heteroatoms. The minimum atomic E-state index is -1.93. The Morgan fingerprint density at radius 1 is 1.38 bits per heavy atom. The summed E-state index contributed by atoms with van der Waals surface area (Å²) in [6, 6.07) is 6.09. The summed E-state index contributed by atoms with van der Waals surface area (Å²) in [5.74, 6) is -1.24. The van der Waals surface area contributed by atoms with E-state index < -0.39 is 28.6 Å². The van der Waals surface area contributed by atoms with Crippen molar-refractivity contribution in [1.29, 1.82) is 0 Å². The van der Waals surface area contributed by atoms with Crippen molar-refractivity contribution in [3.8, 4) is 11.5 Å². The van der Waals surface area contributed by atoms with Gasteiger partial charge < -0.3 is 14.6 Å². The minimum Gasteiger partial charge on any atom is -0.506 e. The molecule has 2 aromatic carbocycles. The molecule has 0 aliphatic carbocycles. The van der Waals surface area contributed by atoms with Crippen LogP contribution in [0.25, 0.3) is 10.8 Å². The molecule has 1 fully saturated rings. The summed E-state index contributed by atoms with van der Waals surface area (Å²) in [6.45, 7) is 0.400. The average Bonchev–Trinajstić information content (AvgIpc) is 2.86. The van der Waals surface area contributed by atoms with Crippen molar-refractivity contribution in [3.63, 3.8) is 0 Å². The summed E-state index contributed by atoms with van der Waals surface area (Å²) in [7, 11) is 1.55. The number of benzene rings is 2. The summed E-state index contributed by atoms with van der Waals surface area (Å²) < 4.78 is 40.2. The number of carbonyl (C=O) groups excluding carboxylic acids is 1. The third kappa shape index (κ3) is 3.00. The van der Waals surface area contributed by atoms with E-state index in [1.165, 1.54) is 12.1 Å². The summed E-state index contributed by atoms with van der Waals surface area (Å²) >= 11 is -1.93. The third-order valence-corrected chi connectivity index (χ3v) is 4.61. The highest BCUT2D eigenvalue weighted by molar-refractivity contribution is 7.85. The number of nitrogens with one attached hydrogen (secondary N) is 1. The summed E-state index contributed by atoms with van der Waals surface area (Å²) in [6.07, 6.45) is 0. The Morgan fingerprint density at radius 2 is 2.17 bits per heavy atom. The van der Waals surface area contributed by atoms with Gasteiger partial charge in [-0.15, -0.1) is 0 Å². The van der Waals surface area contributed by atoms with E-state index in [0.717, 1.165) is 4.31 Å². The number of phenolic OH excluding ortho intramolecular Hbond substituents is 1. The molecule has 2 aromatic rings. The smallest absolute Gasteiger partial charge is 0.253 e. The van der Waals surface area contributed by atoms with Crippen LogP contribution in [-0.2, 0) is 20.7 Å². The van der Waals surface area contributed by atoms with Crippen LogP contribution in [-0.4, -0.2) is 42.1 Å². The molecule has 1 amide bonds. The molecule has 1 aliphatic heterocycles. The Bertz CT molecular complexity index is 829. The molecule has 24 heavy (non-hydrogen) atoms. The van der Waals surface area contributed by atoms with Crippen molar-refractivity contribution < 1.29 is 28.0 Å². The monoisotopic (exact) mass is 354 g/mol. The third-order valence-electron chi connectivity index (χ3n) is 3.50. The fourth-order valence-electron chi connectivity index (χ4n) is 2.41. The topological polar surface area (TPSA) is 88.1 Å². The van der Waals surface area contributed by atoms with E-state index >= 15 is 0 Å². The number of rotatable bonds is 5. The molecule has 0 bridgehead atoms. The molecule has 7 nitrogen and oxygen atoms in total. The second-order valence-corrected chi connectivity index (χ2v) is 6.24. The number of ether oxygens (including phenoxy) is 2. The van der Waals surface area contributed by atoms with Crippen LogP contribution in [0.2, 0.25) is 0 Å². The minimum absolute atomic E-state index is 0.189. The number of anilines is 1. The molecule has 1 aliphatic rings. The predicted octanol–water partition coefficient (Wildman–Crippen LogP) is 1.22. The normalized spacial score (nSPS) is 17.3. The molecule has 0 aromatic heterocycles. The van der Waals surface area contributed by atoms with Crippen LogP contribution in [0.3, 0.4) is 0 Å². The number of carbonyl (C=O) groups is 1. The molecular weight excluding hydrogens is 339 g/mol. The lowest BCUT2D eigenvalue weighted by atomic mass is 10.1. The van der Waals surface area contributed by atoms with Crippen molar-refractivity contribution in [3.05, 3.63) is 30.1 Å². The first kappa shape index (κ1) is 16.5. The number of fused-ring (bicyclic) bond motifs is 1. The van der Waals surface area contributed by atoms with Crippen LogP contribution in [0.4, 0.5) is 10.1 Å². The summed E-state index contributed by atoms with van der Waals surface area (Å²) in [4.78, 5) is 11.3. The maximum absolute atomic E-state index is 14.9. The van der Waals surface area contributed by atoms with Crippen molar-refractivity contribution in [2.75, 3.05) is 31.2 Å². The van der Waals surface area contributed by atoms with Crippen molar-refractivity contribution in [2.45, 2.75) is 0 Å². The average molecular weight is 354 g/mol. The zero-order chi connectivity index (χ0) is 17.3. The van der Waals surface area contributed by atoms with Crippen LogP contribution in [0.1, 0.15) is 0 Å². The molecule has 1 heterocycles. The van der Waals surface area contributed by atoms with Gasteiger partial charge in [-0.1, -0.05) is 6.07 Å². The van der Waals surface area contributed by atoms with Gasteiger partial charge in [0.25, 0.3) is 5.91 Å². The van der Waals surface area contributed by atoms with Gasteiger partial charge in [0, 0.05) is 12.5 Å². The van der Waals surface area contributed by atoms with Crippen molar-refractivity contribution in [2.24, 2.45) is 0 Å². The number of halogens is 1. The largest absolute Gasteiger partial charge is 0.506 e. The first-order valence-electron chi connectivity index (χ1n) is 7.07. The fourth-order valence-corrected chi connectivity index (χ4v) is 3.36. The van der Waals surface area contributed by atoms with E-state index in [0.29, 0.717) is 24.3 Å². The maximum atomic E-state index is 14.9. The zero-order valence-electron chi connectivity index (χ0n) is 12.7. The van der Waals surface area contributed by atoms with Gasteiger partial charge in [0.2, 0.25) is 11.2 Å². The highest BCUT2D eigenvalue weighted by Crippen LogP contribution is 2.38. The maximum Gasteiger partial charge on any atom is 0.253 e. The van der Waals surface area contributed by atoms with E-state index in [2.05, 4.69) is 4.72 Å². The molecule has 1 saturated heterocycles. The van der Waals surface area contributed by atoms with Crippen molar-refractivity contribution >= 4 is 33.5 Å². The lowest BCUT2D eigenvalue weighted by Crippen LogP contribution is -2.23. The molecule has 0 spiro atoms. The van der Waals surface area contributed by atoms with Crippen molar-refractivity contribution in [1.82, 2.24) is 4.72 Å². The number of nitrogens with zero attached hydrogens (tertiary/aromatic N) is 1. The Morgan fingerprint density at radius 3 is 2.83 bits per heavy atom. The number of hydrogen-bond acceptors (Lipinski definition) is 5. The van der Waals surface area contributed by atoms with Gasteiger partial charge in [-0.05, 0) is 23.6 Å². The van der Waals surface area contributed by atoms with Crippen LogP contribution in [0, 0.1) is 5.82 Å². The lowest BCUT2D eigenvalue weighted by molar-refractivity contribution is -0.117. The van der Waals surface area contributed by atoms with Gasteiger partial charge >= 0.3 is 0 Å². The van der Waals surface area contributed by atoms with Gasteiger partial charge in [0.1, 0.15) is 30.3 Å². The van der Waals surface area contributed by atoms with Gasteiger partial charge in [-0.2, -0.15) is 0 Å². The number of amides is 1. The van der Waals surface area contributed by atoms with Gasteiger partial charge in [-0.3, -0.25) is 13.8 Å². The number of phenols is 1. The van der Waals surface area contributed by atoms with E-state index in [1.807, 2.05) is 0 Å². The fraction of sp³-hybridized carbons (Fsp3) is 0.267. The highest BCUT2D eigenvalue weighted by Gasteiger charge is 2.32. The Labute approximate surface area is 139 Å². The van der Waals surface area contributed by atoms with Crippen LogP contribution in [0.5, 0.6) is 11.5 Å². The van der Waals surface area contributed by atoms with E-state index in [-0.39, 0.29) is 17.6 Å². The van der Waals surface area contributed by atoms with Gasteiger partial charge in [-0.25, -0.2) is 8.60 Å². The predicted molar refractivity (Wildman–Crippen MR) is 86.6 cm³/mol. The SMILES string of the molecule is COCCOc1ccc2cc(O)c(N3CC(=O)NS3=O)c(F)c2c1. The Kier molecular flexibility index (Phi) is 4.54. The number of hydrogen-bond donors (Lipinski definition) is 2. The first-order chi connectivity index (χ1) is 11.5. The summed E-state index contributed by atoms with van der Waals surface area (Å²) in [5, 5.41) is 10.7. The molecular formula is C15H15FN2O5S. The zero-order valence-corrected chi connectivity index (χ0v) is 13.6.